The number of hydrogen-bond acceptors (Lipinski definition) is 4. The van der Waals surface area contributed by atoms with Crippen molar-refractivity contribution in [1.29, 1.82) is 0 Å². The molecule has 3 aromatic rings. The molecule has 1 N–H and O–H groups in total. The highest BCUT2D eigenvalue weighted by atomic mass is 16.6. The zero-order chi connectivity index (χ0) is 20.9. The van der Waals surface area contributed by atoms with E-state index in [-0.39, 0.29) is 22.4 Å². The van der Waals surface area contributed by atoms with Gasteiger partial charge in [-0.15, -0.1) is 0 Å². The van der Waals surface area contributed by atoms with Crippen molar-refractivity contribution in [3.05, 3.63) is 76.0 Å². The van der Waals surface area contributed by atoms with Crippen LogP contribution in [0.3, 0.4) is 0 Å². The van der Waals surface area contributed by atoms with Crippen molar-refractivity contribution in [2.45, 2.75) is 25.2 Å². The van der Waals surface area contributed by atoms with Crippen molar-refractivity contribution in [1.82, 2.24) is 9.88 Å². The van der Waals surface area contributed by atoms with Gasteiger partial charge in [-0.2, -0.15) is 0 Å². The lowest BCUT2D eigenvalue weighted by molar-refractivity contribution is -0.384. The van der Waals surface area contributed by atoms with E-state index in [2.05, 4.69) is 17.1 Å². The number of nitrogens with zero attached hydrogens (tertiary/aromatic N) is 2. The minimum atomic E-state index is -0.381. The average molecular weight is 407 g/mol. The summed E-state index contributed by atoms with van der Waals surface area (Å²) >= 11 is 0. The number of benzene rings is 2. The Hall–Kier alpha value is -3.19. The quantitative estimate of drug-likeness (QED) is 0.473. The fourth-order valence-electron chi connectivity index (χ4n) is 4.09. The van der Waals surface area contributed by atoms with Crippen LogP contribution in [0.1, 0.15) is 29.9 Å². The maximum atomic E-state index is 13.0. The average Bonchev–Trinajstić information content (AvgIpc) is 3.21. The number of fused-ring (bicyclic) bond motifs is 1. The number of rotatable bonds is 7. The number of aromatic amines is 1. The van der Waals surface area contributed by atoms with Gasteiger partial charge in [-0.1, -0.05) is 30.3 Å². The predicted octanol–water partition coefficient (Wildman–Crippen LogP) is 4.04. The third-order valence-corrected chi connectivity index (χ3v) is 5.76. The maximum Gasteiger partial charge on any atom is 0.270 e. The molecule has 1 amide bonds. The van der Waals surface area contributed by atoms with Gasteiger partial charge in [0.15, 0.2) is 0 Å². The van der Waals surface area contributed by atoms with E-state index in [4.69, 9.17) is 4.74 Å². The molecule has 7 heteroatoms. The summed E-state index contributed by atoms with van der Waals surface area (Å²) in [6.45, 7) is 2.37. The summed E-state index contributed by atoms with van der Waals surface area (Å²) in [6, 6.07) is 15.0. The Bertz CT molecular complexity index is 1030. The summed E-state index contributed by atoms with van der Waals surface area (Å²) in [6.07, 6.45) is 3.90. The van der Waals surface area contributed by atoms with Gasteiger partial charge in [0.05, 0.1) is 18.1 Å². The van der Waals surface area contributed by atoms with E-state index in [1.165, 1.54) is 11.6 Å². The number of aromatic nitrogens is 1. The number of nitro groups is 1. The number of nitro benzene ring substituents is 1. The second-order valence-electron chi connectivity index (χ2n) is 7.65. The molecule has 1 atom stereocenters. The Labute approximate surface area is 174 Å². The van der Waals surface area contributed by atoms with Crippen LogP contribution in [0.2, 0.25) is 0 Å². The number of H-pyrrole nitrogens is 1. The molecule has 0 aliphatic carbocycles. The zero-order valence-electron chi connectivity index (χ0n) is 16.8. The normalized spacial score (nSPS) is 15.3. The number of morpholine rings is 1. The molecule has 2 heterocycles. The highest BCUT2D eigenvalue weighted by molar-refractivity contribution is 5.87. The van der Waals surface area contributed by atoms with Crippen molar-refractivity contribution >= 4 is 22.5 Å². The van der Waals surface area contributed by atoms with E-state index in [0.29, 0.717) is 32.7 Å². The predicted molar refractivity (Wildman–Crippen MR) is 114 cm³/mol. The molecule has 1 aliphatic rings. The Balaban J connectivity index is 1.62. The number of hydrogen-bond donors (Lipinski definition) is 1. The fraction of sp³-hybridized carbons (Fsp3) is 0.348. The van der Waals surface area contributed by atoms with E-state index < -0.39 is 0 Å². The molecule has 2 aromatic carbocycles. The number of aryl methyl sites for hydroxylation is 1. The first-order valence-corrected chi connectivity index (χ1v) is 10.3. The fourth-order valence-corrected chi connectivity index (χ4v) is 4.09. The first-order chi connectivity index (χ1) is 14.6. The molecular formula is C23H25N3O4. The summed E-state index contributed by atoms with van der Waals surface area (Å²) in [5, 5.41) is 12.1. The van der Waals surface area contributed by atoms with Crippen LogP contribution in [0.15, 0.2) is 54.7 Å². The lowest BCUT2D eigenvalue weighted by atomic mass is 9.88. The molecule has 1 aromatic heterocycles. The van der Waals surface area contributed by atoms with Crippen LogP contribution in [0.5, 0.6) is 0 Å². The Morgan fingerprint density at radius 1 is 1.17 bits per heavy atom. The first-order valence-electron chi connectivity index (χ1n) is 10.3. The van der Waals surface area contributed by atoms with Gasteiger partial charge in [-0.3, -0.25) is 14.9 Å². The lowest BCUT2D eigenvalue weighted by Gasteiger charge is -2.28. The summed E-state index contributed by atoms with van der Waals surface area (Å²) in [5.41, 5.74) is 3.09. The monoisotopic (exact) mass is 407 g/mol. The Morgan fingerprint density at radius 2 is 1.93 bits per heavy atom. The molecule has 7 nitrogen and oxygen atoms in total. The van der Waals surface area contributed by atoms with Crippen LogP contribution >= 0.6 is 0 Å². The maximum absolute atomic E-state index is 13.0. The minimum Gasteiger partial charge on any atom is -0.378 e. The lowest BCUT2D eigenvalue weighted by Crippen LogP contribution is -2.41. The van der Waals surface area contributed by atoms with E-state index in [9.17, 15) is 14.9 Å². The van der Waals surface area contributed by atoms with Gasteiger partial charge in [0.1, 0.15) is 0 Å². The molecule has 0 radical (unpaired) electrons. The van der Waals surface area contributed by atoms with Gasteiger partial charge in [0.25, 0.3) is 5.69 Å². The van der Waals surface area contributed by atoms with Crippen LogP contribution in [0.4, 0.5) is 5.69 Å². The Kier molecular flexibility index (Phi) is 6.09. The first kappa shape index (κ1) is 20.1. The van der Waals surface area contributed by atoms with Crippen LogP contribution in [0, 0.1) is 10.1 Å². The molecule has 30 heavy (non-hydrogen) atoms. The van der Waals surface area contributed by atoms with Crippen molar-refractivity contribution in [3.63, 3.8) is 0 Å². The summed E-state index contributed by atoms with van der Waals surface area (Å²) in [7, 11) is 0. The molecule has 1 aliphatic heterocycles. The van der Waals surface area contributed by atoms with E-state index in [1.807, 2.05) is 29.3 Å². The summed E-state index contributed by atoms with van der Waals surface area (Å²) in [4.78, 5) is 28.9. The van der Waals surface area contributed by atoms with E-state index in [1.54, 1.807) is 12.1 Å². The van der Waals surface area contributed by atoms with Gasteiger partial charge in [0.2, 0.25) is 5.91 Å². The number of amides is 1. The second kappa shape index (κ2) is 9.09. The van der Waals surface area contributed by atoms with Gasteiger partial charge in [0, 0.05) is 48.7 Å². The van der Waals surface area contributed by atoms with Crippen LogP contribution < -0.4 is 0 Å². The summed E-state index contributed by atoms with van der Waals surface area (Å²) < 4.78 is 5.36. The topological polar surface area (TPSA) is 88.5 Å². The van der Waals surface area contributed by atoms with Crippen molar-refractivity contribution in [2.75, 3.05) is 26.3 Å². The van der Waals surface area contributed by atoms with Crippen molar-refractivity contribution < 1.29 is 14.5 Å². The standard InChI is InChI=1S/C23H25N3O4/c27-23(25-10-12-30-13-11-25)14-18(7-6-17-4-2-1-3-5-17)21-16-24-22-9-8-19(26(28)29)15-20(21)22/h1-5,8-9,15-16,18,24H,6-7,10-14H2/t18-/m0/s1. The largest absolute Gasteiger partial charge is 0.378 e. The van der Waals surface area contributed by atoms with Crippen LogP contribution in [0.25, 0.3) is 10.9 Å². The van der Waals surface area contributed by atoms with Gasteiger partial charge < -0.3 is 14.6 Å². The smallest absolute Gasteiger partial charge is 0.270 e. The van der Waals surface area contributed by atoms with Crippen LogP contribution in [-0.4, -0.2) is 47.0 Å². The number of nitrogens with one attached hydrogen (secondary N) is 1. The number of carbonyl (C=O) groups excluding carboxylic acids is 1. The molecule has 1 saturated heterocycles. The van der Waals surface area contributed by atoms with Crippen molar-refractivity contribution in [2.24, 2.45) is 0 Å². The van der Waals surface area contributed by atoms with Crippen LogP contribution in [-0.2, 0) is 16.0 Å². The molecule has 0 spiro atoms. The molecule has 4 rings (SSSR count). The number of non-ortho nitro benzene ring substituents is 1. The highest BCUT2D eigenvalue weighted by Gasteiger charge is 2.24. The number of ether oxygens (including phenoxy) is 1. The highest BCUT2D eigenvalue weighted by Crippen LogP contribution is 2.34. The second-order valence-corrected chi connectivity index (χ2v) is 7.65. The SMILES string of the molecule is O=C(C[C@H](CCc1ccccc1)c1c[nH]c2ccc([N+](=O)[O-])cc12)N1CCOCC1. The third-order valence-electron chi connectivity index (χ3n) is 5.76. The molecule has 1 fully saturated rings. The molecule has 0 saturated carbocycles. The molecule has 156 valence electrons. The van der Waals surface area contributed by atoms with Crippen molar-refractivity contribution in [3.8, 4) is 0 Å². The molecule has 0 unspecified atom stereocenters. The molecular weight excluding hydrogens is 382 g/mol. The van der Waals surface area contributed by atoms with Gasteiger partial charge >= 0.3 is 0 Å². The minimum absolute atomic E-state index is 0.0312. The Morgan fingerprint density at radius 3 is 2.67 bits per heavy atom. The van der Waals surface area contributed by atoms with Gasteiger partial charge in [-0.05, 0) is 36.0 Å². The number of carbonyl (C=O) groups is 1. The zero-order valence-corrected chi connectivity index (χ0v) is 16.8. The summed E-state index contributed by atoms with van der Waals surface area (Å²) in [5.74, 6) is 0.0763. The third kappa shape index (κ3) is 4.52. The van der Waals surface area contributed by atoms with E-state index in [0.717, 1.165) is 29.3 Å². The van der Waals surface area contributed by atoms with E-state index >= 15 is 0 Å². The molecule has 0 bridgehead atoms. The van der Waals surface area contributed by atoms with Gasteiger partial charge in [-0.25, -0.2) is 0 Å².